The Morgan fingerprint density at radius 1 is 1.08 bits per heavy atom. The van der Waals surface area contributed by atoms with Crippen molar-refractivity contribution in [1.29, 1.82) is 0 Å². The second-order valence-electron chi connectivity index (χ2n) is 5.85. The smallest absolute Gasteiger partial charge is 0.271 e. The molecule has 10 heteroatoms. The van der Waals surface area contributed by atoms with Crippen LogP contribution in [-0.2, 0) is 0 Å². The van der Waals surface area contributed by atoms with Crippen LogP contribution in [0, 0.1) is 17.5 Å². The van der Waals surface area contributed by atoms with Gasteiger partial charge in [-0.25, -0.2) is 13.2 Å². The van der Waals surface area contributed by atoms with Crippen molar-refractivity contribution in [2.75, 3.05) is 18.4 Å². The highest BCUT2D eigenvalue weighted by atomic mass is 19.1. The summed E-state index contributed by atoms with van der Waals surface area (Å²) in [6.45, 7) is 1.56. The first-order valence-corrected chi connectivity index (χ1v) is 7.96. The molecule has 1 aliphatic heterocycles. The Morgan fingerprint density at radius 3 is 2.38 bits per heavy atom. The van der Waals surface area contributed by atoms with Gasteiger partial charge in [-0.1, -0.05) is 0 Å². The summed E-state index contributed by atoms with van der Waals surface area (Å²) < 4.78 is 40.4. The molecule has 1 aromatic carbocycles. The summed E-state index contributed by atoms with van der Waals surface area (Å²) in [7, 11) is 0. The van der Waals surface area contributed by atoms with Gasteiger partial charge in [-0.3, -0.25) is 14.7 Å². The SMILES string of the molecule is O=C(NC1CCNCC1)c1[nH]ncc1NC(=O)c1c(F)cc(F)cc1F. The number of carbonyl (C=O) groups excluding carboxylic acids is 2. The van der Waals surface area contributed by atoms with Gasteiger partial charge in [-0.2, -0.15) is 5.10 Å². The van der Waals surface area contributed by atoms with Crippen LogP contribution in [0.3, 0.4) is 0 Å². The van der Waals surface area contributed by atoms with Gasteiger partial charge in [0.2, 0.25) is 0 Å². The molecule has 0 saturated carbocycles. The first kappa shape index (κ1) is 17.9. The lowest BCUT2D eigenvalue weighted by Crippen LogP contribution is -2.43. The minimum absolute atomic E-state index is 0.0254. The van der Waals surface area contributed by atoms with E-state index in [4.69, 9.17) is 0 Å². The molecule has 1 aliphatic rings. The zero-order chi connectivity index (χ0) is 18.7. The van der Waals surface area contributed by atoms with Gasteiger partial charge in [0, 0.05) is 18.2 Å². The normalized spacial score (nSPS) is 14.9. The Hall–Kier alpha value is -2.88. The van der Waals surface area contributed by atoms with Gasteiger partial charge in [0.1, 0.15) is 28.7 Å². The molecular formula is C16H16F3N5O2. The number of nitrogens with zero attached hydrogens (tertiary/aromatic N) is 1. The van der Waals surface area contributed by atoms with Crippen molar-refractivity contribution in [2.45, 2.75) is 18.9 Å². The van der Waals surface area contributed by atoms with E-state index in [2.05, 4.69) is 26.1 Å². The molecular weight excluding hydrogens is 351 g/mol. The molecule has 1 fully saturated rings. The van der Waals surface area contributed by atoms with Gasteiger partial charge < -0.3 is 16.0 Å². The largest absolute Gasteiger partial charge is 0.348 e. The van der Waals surface area contributed by atoms with Crippen molar-refractivity contribution in [1.82, 2.24) is 20.8 Å². The second kappa shape index (κ2) is 7.56. The summed E-state index contributed by atoms with van der Waals surface area (Å²) in [6.07, 6.45) is 2.66. The monoisotopic (exact) mass is 367 g/mol. The molecule has 0 bridgehead atoms. The van der Waals surface area contributed by atoms with Gasteiger partial charge in [0.15, 0.2) is 0 Å². The van der Waals surface area contributed by atoms with Crippen LogP contribution in [-0.4, -0.2) is 41.1 Å². The number of hydrogen-bond donors (Lipinski definition) is 4. The summed E-state index contributed by atoms with van der Waals surface area (Å²) in [5.41, 5.74) is -1.03. The quantitative estimate of drug-likeness (QED) is 0.659. The van der Waals surface area contributed by atoms with Gasteiger partial charge in [0.25, 0.3) is 11.8 Å². The van der Waals surface area contributed by atoms with Crippen LogP contribution in [0.25, 0.3) is 0 Å². The van der Waals surface area contributed by atoms with E-state index in [9.17, 15) is 22.8 Å². The average Bonchev–Trinajstić information content (AvgIpc) is 3.03. The number of amides is 2. The fourth-order valence-electron chi connectivity index (χ4n) is 2.72. The predicted molar refractivity (Wildman–Crippen MR) is 86.2 cm³/mol. The van der Waals surface area contributed by atoms with Crippen LogP contribution >= 0.6 is 0 Å². The molecule has 0 radical (unpaired) electrons. The molecule has 3 rings (SSSR count). The van der Waals surface area contributed by atoms with Crippen LogP contribution in [0.15, 0.2) is 18.3 Å². The van der Waals surface area contributed by atoms with Crippen molar-refractivity contribution >= 4 is 17.5 Å². The highest BCUT2D eigenvalue weighted by molar-refractivity contribution is 6.08. The molecule has 2 heterocycles. The summed E-state index contributed by atoms with van der Waals surface area (Å²) in [5.74, 6) is -5.47. The van der Waals surface area contributed by atoms with Crippen molar-refractivity contribution in [3.05, 3.63) is 47.0 Å². The fraction of sp³-hybridized carbons (Fsp3) is 0.312. The lowest BCUT2D eigenvalue weighted by molar-refractivity contribution is 0.0925. The standard InChI is InChI=1S/C16H16F3N5O2/c17-8-5-10(18)13(11(19)6-8)15(25)23-12-7-21-24-14(12)16(26)22-9-1-3-20-4-2-9/h5-7,9,20H,1-4H2,(H,21,24)(H,22,26)(H,23,25). The number of hydrogen-bond acceptors (Lipinski definition) is 4. The molecule has 1 aromatic heterocycles. The maximum atomic E-state index is 13.7. The third-order valence-corrected chi connectivity index (χ3v) is 4.02. The van der Waals surface area contributed by atoms with E-state index in [1.807, 2.05) is 0 Å². The number of piperidine rings is 1. The minimum Gasteiger partial charge on any atom is -0.348 e. The maximum Gasteiger partial charge on any atom is 0.271 e. The minimum atomic E-state index is -1.34. The molecule has 7 nitrogen and oxygen atoms in total. The number of anilines is 1. The van der Waals surface area contributed by atoms with E-state index in [-0.39, 0.29) is 17.4 Å². The highest BCUT2D eigenvalue weighted by Crippen LogP contribution is 2.19. The van der Waals surface area contributed by atoms with Gasteiger partial charge in [0.05, 0.1) is 11.9 Å². The van der Waals surface area contributed by atoms with E-state index in [0.29, 0.717) is 12.1 Å². The predicted octanol–water partition coefficient (Wildman–Crippen LogP) is 1.56. The van der Waals surface area contributed by atoms with Crippen LogP contribution < -0.4 is 16.0 Å². The van der Waals surface area contributed by atoms with Crippen molar-refractivity contribution < 1.29 is 22.8 Å². The number of halogens is 3. The summed E-state index contributed by atoms with van der Waals surface area (Å²) >= 11 is 0. The molecule has 138 valence electrons. The first-order valence-electron chi connectivity index (χ1n) is 7.96. The second-order valence-corrected chi connectivity index (χ2v) is 5.85. The lowest BCUT2D eigenvalue weighted by Gasteiger charge is -2.23. The Kier molecular flexibility index (Phi) is 5.21. The highest BCUT2D eigenvalue weighted by Gasteiger charge is 2.24. The Labute approximate surface area is 146 Å². The Morgan fingerprint density at radius 2 is 1.73 bits per heavy atom. The molecule has 0 unspecified atom stereocenters. The Bertz CT molecular complexity index is 810. The summed E-state index contributed by atoms with van der Waals surface area (Å²) in [5, 5.41) is 14.3. The summed E-state index contributed by atoms with van der Waals surface area (Å²) in [6, 6.07) is 0.776. The van der Waals surface area contributed by atoms with E-state index < -0.39 is 34.8 Å². The summed E-state index contributed by atoms with van der Waals surface area (Å²) in [4.78, 5) is 24.5. The van der Waals surface area contributed by atoms with Crippen LogP contribution in [0.1, 0.15) is 33.7 Å². The average molecular weight is 367 g/mol. The molecule has 0 aliphatic carbocycles. The van der Waals surface area contributed by atoms with Crippen molar-refractivity contribution in [3.8, 4) is 0 Å². The molecule has 2 aromatic rings. The van der Waals surface area contributed by atoms with Crippen molar-refractivity contribution in [3.63, 3.8) is 0 Å². The molecule has 0 atom stereocenters. The number of H-pyrrole nitrogens is 1. The number of carbonyl (C=O) groups is 2. The van der Waals surface area contributed by atoms with E-state index in [1.165, 1.54) is 0 Å². The number of aromatic nitrogens is 2. The first-order chi connectivity index (χ1) is 12.5. The number of rotatable bonds is 4. The molecule has 2 amide bonds. The third-order valence-electron chi connectivity index (χ3n) is 4.02. The molecule has 26 heavy (non-hydrogen) atoms. The topological polar surface area (TPSA) is 98.9 Å². The van der Waals surface area contributed by atoms with Gasteiger partial charge in [-0.05, 0) is 25.9 Å². The number of aromatic amines is 1. The zero-order valence-electron chi connectivity index (χ0n) is 13.5. The van der Waals surface area contributed by atoms with Crippen molar-refractivity contribution in [2.24, 2.45) is 0 Å². The van der Waals surface area contributed by atoms with Gasteiger partial charge in [-0.15, -0.1) is 0 Å². The zero-order valence-corrected chi connectivity index (χ0v) is 13.5. The fourth-order valence-corrected chi connectivity index (χ4v) is 2.72. The van der Waals surface area contributed by atoms with E-state index >= 15 is 0 Å². The number of benzene rings is 1. The molecule has 1 saturated heterocycles. The molecule has 0 spiro atoms. The van der Waals surface area contributed by atoms with Crippen LogP contribution in [0.5, 0.6) is 0 Å². The van der Waals surface area contributed by atoms with Crippen LogP contribution in [0.4, 0.5) is 18.9 Å². The Balaban J connectivity index is 1.74. The van der Waals surface area contributed by atoms with E-state index in [0.717, 1.165) is 32.1 Å². The third kappa shape index (κ3) is 3.85. The lowest BCUT2D eigenvalue weighted by atomic mass is 10.1. The molecule has 4 N–H and O–H groups in total. The number of nitrogens with one attached hydrogen (secondary N) is 4. The van der Waals surface area contributed by atoms with E-state index in [1.54, 1.807) is 0 Å². The van der Waals surface area contributed by atoms with Crippen LogP contribution in [0.2, 0.25) is 0 Å². The van der Waals surface area contributed by atoms with Gasteiger partial charge >= 0.3 is 0 Å². The maximum absolute atomic E-state index is 13.7.